The monoisotopic (exact) mass is 541 g/mol. The van der Waals surface area contributed by atoms with E-state index in [-0.39, 0.29) is 54.6 Å². The van der Waals surface area contributed by atoms with Crippen LogP contribution < -0.4 is 11.1 Å². The average molecular weight is 542 g/mol. The van der Waals surface area contributed by atoms with E-state index >= 15 is 0 Å². The lowest BCUT2D eigenvalue weighted by Crippen LogP contribution is -2.57. The molecule has 13 heteroatoms. The van der Waals surface area contributed by atoms with Crippen LogP contribution in [0.1, 0.15) is 36.9 Å². The normalized spacial score (nSPS) is 18.9. The van der Waals surface area contributed by atoms with Crippen molar-refractivity contribution in [2.75, 3.05) is 30.7 Å². The van der Waals surface area contributed by atoms with Gasteiger partial charge in [0.1, 0.15) is 17.1 Å². The predicted octanol–water partition coefficient (Wildman–Crippen LogP) is 3.71. The number of alkyl halides is 3. The molecule has 1 aliphatic heterocycles. The Bertz CT molecular complexity index is 1250. The molecule has 3 amide bonds. The van der Waals surface area contributed by atoms with Crippen LogP contribution >= 0.6 is 11.6 Å². The first-order chi connectivity index (χ1) is 17.4. The molecule has 1 atom stereocenters. The molecule has 2 aliphatic rings. The molecule has 2 fully saturated rings. The first-order valence-electron chi connectivity index (χ1n) is 11.6. The smallest absolute Gasteiger partial charge is 0.383 e. The molecule has 198 valence electrons. The van der Waals surface area contributed by atoms with Gasteiger partial charge in [-0.1, -0.05) is 24.6 Å². The van der Waals surface area contributed by atoms with Crippen molar-refractivity contribution in [3.8, 4) is 0 Å². The Morgan fingerprint density at radius 3 is 2.51 bits per heavy atom. The number of nitrogens with one attached hydrogen (secondary N) is 1. The summed E-state index contributed by atoms with van der Waals surface area (Å²) in [6.45, 7) is 1.10. The third-order valence-corrected chi connectivity index (χ3v) is 7.08. The minimum absolute atomic E-state index is 0.204. The van der Waals surface area contributed by atoms with Crippen LogP contribution in [0.25, 0.3) is 0 Å². The van der Waals surface area contributed by atoms with Crippen LogP contribution in [-0.4, -0.2) is 58.3 Å². The van der Waals surface area contributed by atoms with E-state index in [4.69, 9.17) is 17.3 Å². The number of nitrogens with two attached hydrogens (primary N) is 1. The summed E-state index contributed by atoms with van der Waals surface area (Å²) in [7, 11) is 0. The summed E-state index contributed by atoms with van der Waals surface area (Å²) in [4.78, 5) is 45.1. The van der Waals surface area contributed by atoms with Crippen molar-refractivity contribution in [3.05, 3.63) is 52.4 Å². The van der Waals surface area contributed by atoms with Gasteiger partial charge in [0.05, 0.1) is 22.9 Å². The van der Waals surface area contributed by atoms with Crippen molar-refractivity contribution in [2.24, 2.45) is 5.41 Å². The third kappa shape index (κ3) is 5.07. The highest BCUT2D eigenvalue weighted by atomic mass is 35.5. The number of hydrogen-bond acceptors (Lipinski definition) is 5. The van der Waals surface area contributed by atoms with Crippen molar-refractivity contribution in [1.82, 2.24) is 14.8 Å². The fourth-order valence-corrected chi connectivity index (χ4v) is 4.64. The van der Waals surface area contributed by atoms with Crippen molar-refractivity contribution in [2.45, 2.75) is 38.4 Å². The van der Waals surface area contributed by atoms with Gasteiger partial charge in [-0.05, 0) is 48.6 Å². The number of pyridine rings is 1. The molecule has 1 aromatic heterocycles. The van der Waals surface area contributed by atoms with Gasteiger partial charge in [0.25, 0.3) is 0 Å². The highest BCUT2D eigenvalue weighted by molar-refractivity contribution is 6.39. The Morgan fingerprint density at radius 1 is 1.22 bits per heavy atom. The van der Waals surface area contributed by atoms with Crippen molar-refractivity contribution >= 4 is 40.8 Å². The molecule has 0 bridgehead atoms. The molecule has 0 spiro atoms. The number of aromatic nitrogens is 1. The lowest BCUT2D eigenvalue weighted by molar-refractivity contribution is -0.200. The molecule has 4 rings (SSSR count). The number of amides is 3. The fourth-order valence-electron chi connectivity index (χ4n) is 4.45. The molecule has 1 aromatic carbocycles. The van der Waals surface area contributed by atoms with E-state index < -0.39 is 41.2 Å². The van der Waals surface area contributed by atoms with Crippen LogP contribution in [-0.2, 0) is 20.8 Å². The maximum Gasteiger partial charge on any atom is 0.403 e. The van der Waals surface area contributed by atoms with Gasteiger partial charge in [0.2, 0.25) is 5.91 Å². The van der Waals surface area contributed by atoms with E-state index in [2.05, 4.69) is 10.3 Å². The number of aryl methyl sites for hydroxylation is 1. The molecule has 2 heterocycles. The second-order valence-electron chi connectivity index (χ2n) is 9.09. The second-order valence-corrected chi connectivity index (χ2v) is 9.50. The van der Waals surface area contributed by atoms with Crippen molar-refractivity contribution in [3.63, 3.8) is 0 Å². The molecule has 0 radical (unpaired) electrons. The summed E-state index contributed by atoms with van der Waals surface area (Å²) >= 11 is 5.91. The Kier molecular flexibility index (Phi) is 7.06. The van der Waals surface area contributed by atoms with Gasteiger partial charge in [0.15, 0.2) is 0 Å². The van der Waals surface area contributed by atoms with Gasteiger partial charge in [0, 0.05) is 19.6 Å². The molecule has 1 saturated carbocycles. The van der Waals surface area contributed by atoms with E-state index in [1.165, 1.54) is 18.3 Å². The first kappa shape index (κ1) is 26.6. The van der Waals surface area contributed by atoms with Crippen LogP contribution in [0.4, 0.5) is 29.1 Å². The highest BCUT2D eigenvalue weighted by Gasteiger charge is 2.69. The minimum Gasteiger partial charge on any atom is -0.383 e. The van der Waals surface area contributed by atoms with Gasteiger partial charge in [-0.3, -0.25) is 14.4 Å². The number of rotatable bonds is 4. The zero-order valence-electron chi connectivity index (χ0n) is 19.7. The summed E-state index contributed by atoms with van der Waals surface area (Å²) in [6.07, 6.45) is -3.48. The summed E-state index contributed by atoms with van der Waals surface area (Å²) in [5, 5.41) is 2.19. The van der Waals surface area contributed by atoms with E-state index in [1.54, 1.807) is 6.07 Å². The maximum atomic E-state index is 13.8. The van der Waals surface area contributed by atoms with Crippen LogP contribution in [0.15, 0.2) is 30.5 Å². The van der Waals surface area contributed by atoms with Gasteiger partial charge in [-0.2, -0.15) is 13.2 Å². The van der Waals surface area contributed by atoms with Crippen LogP contribution in [0.2, 0.25) is 5.02 Å². The maximum absolute atomic E-state index is 13.8. The number of nitrogens with zero attached hydrogens (tertiary/aromatic N) is 3. The topological polar surface area (TPSA) is 109 Å². The number of benzene rings is 1. The predicted molar refractivity (Wildman–Crippen MR) is 127 cm³/mol. The van der Waals surface area contributed by atoms with Gasteiger partial charge in [-0.15, -0.1) is 0 Å². The fraction of sp³-hybridized carbons (Fsp3) is 0.417. The number of anilines is 2. The zero-order chi connectivity index (χ0) is 27.1. The first-order valence-corrected chi connectivity index (χ1v) is 11.9. The standard InChI is InChI=1S/C24H24ClF4N5O3/c1-2-13-9-15(11-31-19(13)30)32-20(35)21(36)34-8-7-33(22(37)23(5-6-23)24(27,28)29)12-18(34)14-3-4-17(26)16(25)10-14/h3-4,9-11,18H,2,5-8,12H2,1H3,(H2,30,31)(H,32,35). The van der Waals surface area contributed by atoms with Crippen LogP contribution in [0.3, 0.4) is 0 Å². The van der Waals surface area contributed by atoms with Gasteiger partial charge >= 0.3 is 18.0 Å². The number of carbonyl (C=O) groups is 3. The molecular formula is C24H24ClF4N5O3. The minimum atomic E-state index is -4.70. The second kappa shape index (κ2) is 9.81. The van der Waals surface area contributed by atoms with Crippen LogP contribution in [0, 0.1) is 11.2 Å². The van der Waals surface area contributed by atoms with E-state index in [0.29, 0.717) is 12.0 Å². The molecule has 8 nitrogen and oxygen atoms in total. The number of halogens is 5. The number of piperazine rings is 1. The Balaban J connectivity index is 1.59. The van der Waals surface area contributed by atoms with Gasteiger partial charge < -0.3 is 20.9 Å². The van der Waals surface area contributed by atoms with Crippen molar-refractivity contribution in [1.29, 1.82) is 0 Å². The van der Waals surface area contributed by atoms with Crippen LogP contribution in [0.5, 0.6) is 0 Å². The number of nitrogen functional groups attached to an aromatic ring is 1. The lowest BCUT2D eigenvalue weighted by atomic mass is 9.98. The number of hydrogen-bond donors (Lipinski definition) is 2. The molecule has 1 unspecified atom stereocenters. The Morgan fingerprint density at radius 2 is 1.92 bits per heavy atom. The molecular weight excluding hydrogens is 518 g/mol. The molecule has 37 heavy (non-hydrogen) atoms. The zero-order valence-corrected chi connectivity index (χ0v) is 20.5. The molecule has 1 aliphatic carbocycles. The SMILES string of the molecule is CCc1cc(NC(=O)C(=O)N2CCN(C(=O)C3(C(F)(F)F)CC3)CC2c2ccc(F)c(Cl)c2)cnc1N. The van der Waals surface area contributed by atoms with E-state index in [0.717, 1.165) is 15.9 Å². The molecule has 2 aromatic rings. The summed E-state index contributed by atoms with van der Waals surface area (Å²) in [5.41, 5.74) is 4.51. The Hall–Kier alpha value is -3.41. The third-order valence-electron chi connectivity index (χ3n) is 6.79. The summed E-state index contributed by atoms with van der Waals surface area (Å²) < 4.78 is 54.5. The average Bonchev–Trinajstić information content (AvgIpc) is 3.68. The van der Waals surface area contributed by atoms with E-state index in [1.807, 2.05) is 6.92 Å². The Labute approximate surface area is 214 Å². The highest BCUT2D eigenvalue weighted by Crippen LogP contribution is 2.58. The quantitative estimate of drug-likeness (QED) is 0.453. The largest absolute Gasteiger partial charge is 0.403 e. The van der Waals surface area contributed by atoms with Crippen molar-refractivity contribution < 1.29 is 31.9 Å². The molecule has 1 saturated heterocycles. The summed E-state index contributed by atoms with van der Waals surface area (Å²) in [6, 6.07) is 4.13. The molecule has 3 N–H and O–H groups in total. The summed E-state index contributed by atoms with van der Waals surface area (Å²) in [5.74, 6) is -3.52. The van der Waals surface area contributed by atoms with E-state index in [9.17, 15) is 31.9 Å². The lowest BCUT2D eigenvalue weighted by Gasteiger charge is -2.42. The number of carbonyl (C=O) groups excluding carboxylic acids is 3. The van der Waals surface area contributed by atoms with Gasteiger partial charge in [-0.25, -0.2) is 9.37 Å².